The second-order valence-corrected chi connectivity index (χ2v) is 8.20. The van der Waals surface area contributed by atoms with E-state index in [1.807, 2.05) is 0 Å². The molecule has 11 heteroatoms. The van der Waals surface area contributed by atoms with Crippen molar-refractivity contribution >= 4 is 27.3 Å². The van der Waals surface area contributed by atoms with Gasteiger partial charge >= 0.3 is 12.1 Å². The van der Waals surface area contributed by atoms with Crippen LogP contribution in [0.15, 0.2) is 28.6 Å². The molecule has 0 fully saturated rings. The summed E-state index contributed by atoms with van der Waals surface area (Å²) in [6.07, 6.45) is -4.61. The highest BCUT2D eigenvalue weighted by Crippen LogP contribution is 2.35. The van der Waals surface area contributed by atoms with Gasteiger partial charge < -0.3 is 5.11 Å². The topological polar surface area (TPSA) is 87.6 Å². The Morgan fingerprint density at radius 2 is 2.04 bits per heavy atom. The lowest BCUT2D eigenvalue weighted by Crippen LogP contribution is -2.35. The van der Waals surface area contributed by atoms with Gasteiger partial charge in [-0.15, -0.1) is 11.3 Å². The third kappa shape index (κ3) is 3.26. The fourth-order valence-electron chi connectivity index (χ4n) is 2.56. The summed E-state index contributed by atoms with van der Waals surface area (Å²) in [4.78, 5) is 15.2. The van der Waals surface area contributed by atoms with Crippen LogP contribution in [0, 0.1) is 0 Å². The minimum atomic E-state index is -4.98. The number of sulfonamides is 1. The Hall–Kier alpha value is -1.98. The lowest BCUT2D eigenvalue weighted by molar-refractivity contribution is -0.138. The number of benzene rings is 1. The molecule has 25 heavy (non-hydrogen) atoms. The van der Waals surface area contributed by atoms with E-state index in [1.54, 1.807) is 5.51 Å². The van der Waals surface area contributed by atoms with Gasteiger partial charge in [-0.05, 0) is 18.2 Å². The smallest absolute Gasteiger partial charge is 0.417 e. The molecule has 0 spiro atoms. The van der Waals surface area contributed by atoms with Gasteiger partial charge in [0.15, 0.2) is 0 Å². The van der Waals surface area contributed by atoms with E-state index in [-0.39, 0.29) is 13.1 Å². The molecule has 1 aliphatic heterocycles. The van der Waals surface area contributed by atoms with Crippen LogP contribution in [0.1, 0.15) is 26.5 Å². The van der Waals surface area contributed by atoms with Crippen molar-refractivity contribution in [2.24, 2.45) is 0 Å². The molecule has 0 atom stereocenters. The van der Waals surface area contributed by atoms with E-state index in [1.165, 1.54) is 11.3 Å². The number of halogens is 3. The first-order valence-corrected chi connectivity index (χ1v) is 9.28. The Morgan fingerprint density at radius 1 is 1.32 bits per heavy atom. The summed E-state index contributed by atoms with van der Waals surface area (Å²) in [5, 5.41) is 8.89. The van der Waals surface area contributed by atoms with Crippen LogP contribution in [0.3, 0.4) is 0 Å². The number of hydrogen-bond donors (Lipinski definition) is 1. The highest BCUT2D eigenvalue weighted by Gasteiger charge is 2.38. The van der Waals surface area contributed by atoms with Gasteiger partial charge in [-0.3, -0.25) is 0 Å². The Kier molecular flexibility index (Phi) is 4.33. The summed E-state index contributed by atoms with van der Waals surface area (Å²) >= 11 is 1.28. The van der Waals surface area contributed by atoms with Crippen LogP contribution in [-0.4, -0.2) is 35.3 Å². The van der Waals surface area contributed by atoms with Gasteiger partial charge in [-0.1, -0.05) is 0 Å². The van der Waals surface area contributed by atoms with Gasteiger partial charge in [0.25, 0.3) is 0 Å². The minimum Gasteiger partial charge on any atom is -0.478 e. The van der Waals surface area contributed by atoms with Crippen molar-refractivity contribution in [1.29, 1.82) is 0 Å². The van der Waals surface area contributed by atoms with Crippen molar-refractivity contribution in [2.45, 2.75) is 24.0 Å². The zero-order valence-electron chi connectivity index (χ0n) is 12.4. The van der Waals surface area contributed by atoms with E-state index in [0.717, 1.165) is 20.9 Å². The number of aromatic carboxylic acids is 1. The number of fused-ring (bicyclic) bond motifs is 1. The summed E-state index contributed by atoms with van der Waals surface area (Å²) in [6.45, 7) is 0.130. The molecule has 0 unspecified atom stereocenters. The zero-order valence-corrected chi connectivity index (χ0v) is 14.1. The first-order chi connectivity index (χ1) is 11.6. The fraction of sp³-hybridized carbons (Fsp3) is 0.286. The number of thiazole rings is 1. The predicted octanol–water partition coefficient (Wildman–Crippen LogP) is 2.61. The summed E-state index contributed by atoms with van der Waals surface area (Å²) in [5.74, 6) is -1.77. The fourth-order valence-corrected chi connectivity index (χ4v) is 4.90. The maximum atomic E-state index is 13.1. The van der Waals surface area contributed by atoms with Crippen molar-refractivity contribution in [3.8, 4) is 0 Å². The molecule has 6 nitrogen and oxygen atoms in total. The Morgan fingerprint density at radius 3 is 2.68 bits per heavy atom. The molecule has 0 radical (unpaired) electrons. The summed E-state index contributed by atoms with van der Waals surface area (Å²) in [5.41, 5.74) is -0.107. The lowest BCUT2D eigenvalue weighted by atomic mass is 10.1. The zero-order chi connectivity index (χ0) is 18.4. The molecule has 0 amide bonds. The number of hydrogen-bond acceptors (Lipinski definition) is 5. The van der Waals surface area contributed by atoms with Crippen molar-refractivity contribution in [3.05, 3.63) is 45.4 Å². The van der Waals surface area contributed by atoms with Crippen molar-refractivity contribution < 1.29 is 31.5 Å². The first-order valence-electron chi connectivity index (χ1n) is 6.96. The van der Waals surface area contributed by atoms with Crippen LogP contribution < -0.4 is 0 Å². The van der Waals surface area contributed by atoms with Gasteiger partial charge in [0.2, 0.25) is 10.0 Å². The predicted molar refractivity (Wildman–Crippen MR) is 81.8 cm³/mol. The standard InChI is InChI=1S/C14H11F3N2O4S2/c15-14(16,17)10-5-8(1-2-9(10)13(20)21)25(22,23)19-4-3-11-12(6-19)24-7-18-11/h1-2,5,7H,3-4,6H2,(H,20,21). The van der Waals surface area contributed by atoms with Crippen LogP contribution >= 0.6 is 11.3 Å². The maximum absolute atomic E-state index is 13.1. The molecule has 3 rings (SSSR count). The van der Waals surface area contributed by atoms with Gasteiger partial charge in [0.1, 0.15) is 0 Å². The van der Waals surface area contributed by atoms with Crippen LogP contribution in [0.25, 0.3) is 0 Å². The number of rotatable bonds is 3. The van der Waals surface area contributed by atoms with E-state index in [0.29, 0.717) is 18.6 Å². The lowest BCUT2D eigenvalue weighted by Gasteiger charge is -2.26. The monoisotopic (exact) mass is 392 g/mol. The molecular formula is C14H11F3N2O4S2. The van der Waals surface area contributed by atoms with Gasteiger partial charge in [0, 0.05) is 17.8 Å². The van der Waals surface area contributed by atoms with Crippen LogP contribution in [0.2, 0.25) is 0 Å². The second-order valence-electron chi connectivity index (χ2n) is 5.32. The van der Waals surface area contributed by atoms with E-state index >= 15 is 0 Å². The highest BCUT2D eigenvalue weighted by molar-refractivity contribution is 7.89. The van der Waals surface area contributed by atoms with Crippen molar-refractivity contribution in [1.82, 2.24) is 9.29 Å². The van der Waals surface area contributed by atoms with Gasteiger partial charge in [-0.25, -0.2) is 18.2 Å². The van der Waals surface area contributed by atoms with E-state index < -0.39 is 38.2 Å². The SMILES string of the molecule is O=C(O)c1ccc(S(=O)(=O)N2CCc3ncsc3C2)cc1C(F)(F)F. The molecule has 134 valence electrons. The molecule has 0 aliphatic carbocycles. The van der Waals surface area contributed by atoms with Gasteiger partial charge in [0.05, 0.1) is 33.8 Å². The molecule has 1 N–H and O–H groups in total. The number of carbonyl (C=O) groups is 1. The van der Waals surface area contributed by atoms with Crippen molar-refractivity contribution in [2.75, 3.05) is 6.54 Å². The van der Waals surface area contributed by atoms with Crippen LogP contribution in [-0.2, 0) is 29.2 Å². The Balaban J connectivity index is 2.02. The number of carboxylic acids is 1. The quantitative estimate of drug-likeness (QED) is 0.868. The van der Waals surface area contributed by atoms with E-state index in [2.05, 4.69) is 4.98 Å². The number of carboxylic acid groups (broad SMARTS) is 1. The molecule has 2 heterocycles. The number of nitrogens with zero attached hydrogens (tertiary/aromatic N) is 2. The Bertz CT molecular complexity index is 938. The molecule has 1 aliphatic rings. The minimum absolute atomic E-state index is 0.0321. The summed E-state index contributed by atoms with van der Waals surface area (Å²) in [6, 6.07) is 1.93. The third-order valence-electron chi connectivity index (χ3n) is 3.81. The molecular weight excluding hydrogens is 381 g/mol. The average Bonchev–Trinajstić information content (AvgIpc) is 3.00. The maximum Gasteiger partial charge on any atom is 0.417 e. The second kappa shape index (κ2) is 6.07. The van der Waals surface area contributed by atoms with E-state index in [4.69, 9.17) is 5.11 Å². The highest BCUT2D eigenvalue weighted by atomic mass is 32.2. The average molecular weight is 392 g/mol. The first kappa shape index (κ1) is 17.8. The summed E-state index contributed by atoms with van der Waals surface area (Å²) in [7, 11) is -4.19. The Labute approximate surface area is 144 Å². The van der Waals surface area contributed by atoms with E-state index in [9.17, 15) is 26.4 Å². The number of alkyl halides is 3. The molecule has 0 saturated carbocycles. The molecule has 1 aromatic carbocycles. The van der Waals surface area contributed by atoms with Gasteiger partial charge in [-0.2, -0.15) is 17.5 Å². The number of aromatic nitrogens is 1. The molecule has 1 aromatic heterocycles. The van der Waals surface area contributed by atoms with Crippen LogP contribution in [0.4, 0.5) is 13.2 Å². The molecule has 2 aromatic rings. The molecule has 0 bridgehead atoms. The normalized spacial score (nSPS) is 15.8. The van der Waals surface area contributed by atoms with Crippen LogP contribution in [0.5, 0.6) is 0 Å². The molecule has 0 saturated heterocycles. The largest absolute Gasteiger partial charge is 0.478 e. The summed E-state index contributed by atoms with van der Waals surface area (Å²) < 4.78 is 65.7. The van der Waals surface area contributed by atoms with Crippen molar-refractivity contribution in [3.63, 3.8) is 0 Å². The third-order valence-corrected chi connectivity index (χ3v) is 6.51.